The molecule has 1 nitrogen and oxygen atoms in total. The zero-order chi connectivity index (χ0) is 8.48. The molecule has 0 N–H and O–H groups in total. The van der Waals surface area contributed by atoms with Crippen molar-refractivity contribution in [1.29, 1.82) is 0 Å². The quantitative estimate of drug-likeness (QED) is 0.488. The van der Waals surface area contributed by atoms with Crippen LogP contribution in [0.25, 0.3) is 0 Å². The number of allylic oxidation sites excluding steroid dienone is 2. The SMILES string of the molecule is COCP1(=S)CC(C)=C(C)C1. The summed E-state index contributed by atoms with van der Waals surface area (Å²) in [5.74, 6) is 0. The predicted octanol–water partition coefficient (Wildman–Crippen LogP) is 2.42. The number of hydrogen-bond donors (Lipinski definition) is 0. The molecule has 1 heterocycles. The summed E-state index contributed by atoms with van der Waals surface area (Å²) in [6.45, 7) is 4.39. The molecule has 1 aliphatic rings. The summed E-state index contributed by atoms with van der Waals surface area (Å²) >= 11 is 5.56. The number of hydrogen-bond acceptors (Lipinski definition) is 2. The first kappa shape index (κ1) is 9.44. The molecule has 0 aromatic heterocycles. The van der Waals surface area contributed by atoms with E-state index in [9.17, 15) is 0 Å². The summed E-state index contributed by atoms with van der Waals surface area (Å²) in [5, 5.41) is 0. The van der Waals surface area contributed by atoms with Gasteiger partial charge in [0.2, 0.25) is 0 Å². The van der Waals surface area contributed by atoms with Crippen LogP contribution in [0.5, 0.6) is 0 Å². The minimum absolute atomic E-state index is 0.816. The van der Waals surface area contributed by atoms with Crippen LogP contribution in [-0.4, -0.2) is 25.8 Å². The van der Waals surface area contributed by atoms with Gasteiger partial charge in [-0.3, -0.25) is 0 Å². The second kappa shape index (κ2) is 3.38. The molecule has 0 atom stereocenters. The van der Waals surface area contributed by atoms with Gasteiger partial charge in [-0.1, -0.05) is 23.0 Å². The Labute approximate surface area is 73.8 Å². The molecular weight excluding hydrogens is 175 g/mol. The molecule has 3 heteroatoms. The highest BCUT2D eigenvalue weighted by molar-refractivity contribution is 8.14. The maximum Gasteiger partial charge on any atom is 0.0754 e. The average Bonchev–Trinajstić information content (AvgIpc) is 2.08. The number of ether oxygens (including phenoxy) is 1. The molecule has 1 rings (SSSR count). The molecule has 0 bridgehead atoms. The second-order valence-electron chi connectivity index (χ2n) is 3.35. The van der Waals surface area contributed by atoms with Gasteiger partial charge < -0.3 is 4.74 Å². The van der Waals surface area contributed by atoms with Gasteiger partial charge in [0.05, 0.1) is 6.35 Å². The fourth-order valence-corrected chi connectivity index (χ4v) is 6.03. The molecule has 0 saturated heterocycles. The third-order valence-corrected chi connectivity index (χ3v) is 6.06. The van der Waals surface area contributed by atoms with E-state index in [4.69, 9.17) is 16.5 Å². The normalized spacial score (nSPS) is 22.8. The highest BCUT2D eigenvalue weighted by Crippen LogP contribution is 2.53. The van der Waals surface area contributed by atoms with Crippen LogP contribution in [0.2, 0.25) is 0 Å². The Bertz CT molecular complexity index is 214. The Kier molecular flexibility index (Phi) is 2.90. The summed E-state index contributed by atoms with van der Waals surface area (Å²) in [6.07, 6.45) is 3.10. The molecule has 0 aromatic carbocycles. The van der Waals surface area contributed by atoms with Crippen molar-refractivity contribution in [2.24, 2.45) is 0 Å². The lowest BCUT2D eigenvalue weighted by molar-refractivity contribution is 0.255. The van der Waals surface area contributed by atoms with Crippen molar-refractivity contribution in [2.75, 3.05) is 25.8 Å². The Morgan fingerprint density at radius 2 is 1.82 bits per heavy atom. The summed E-state index contributed by atoms with van der Waals surface area (Å²) < 4.78 is 5.14. The fraction of sp³-hybridized carbons (Fsp3) is 0.750. The third-order valence-electron chi connectivity index (χ3n) is 2.14. The van der Waals surface area contributed by atoms with Crippen LogP contribution in [0.4, 0.5) is 0 Å². The highest BCUT2D eigenvalue weighted by Gasteiger charge is 2.24. The van der Waals surface area contributed by atoms with E-state index in [2.05, 4.69) is 13.8 Å². The highest BCUT2D eigenvalue weighted by atomic mass is 32.4. The van der Waals surface area contributed by atoms with Crippen LogP contribution < -0.4 is 0 Å². The van der Waals surface area contributed by atoms with E-state index in [-0.39, 0.29) is 0 Å². The summed E-state index contributed by atoms with van der Waals surface area (Å²) in [7, 11) is 1.75. The zero-order valence-corrected chi connectivity index (χ0v) is 9.10. The van der Waals surface area contributed by atoms with Gasteiger partial charge in [0.15, 0.2) is 0 Å². The maximum absolute atomic E-state index is 5.56. The van der Waals surface area contributed by atoms with E-state index >= 15 is 0 Å². The van der Waals surface area contributed by atoms with Gasteiger partial charge in [-0.25, -0.2) is 0 Å². The summed E-state index contributed by atoms with van der Waals surface area (Å²) in [4.78, 5) is 0. The lowest BCUT2D eigenvalue weighted by atomic mass is 10.2. The fourth-order valence-electron chi connectivity index (χ4n) is 1.52. The number of rotatable bonds is 2. The largest absolute Gasteiger partial charge is 0.379 e. The smallest absolute Gasteiger partial charge is 0.0754 e. The molecule has 0 fully saturated rings. The molecule has 0 unspecified atom stereocenters. The van der Waals surface area contributed by atoms with Crippen LogP contribution in [0.1, 0.15) is 13.8 Å². The lowest BCUT2D eigenvalue weighted by Gasteiger charge is -2.13. The third kappa shape index (κ3) is 2.14. The Balaban J connectivity index is 2.65. The van der Waals surface area contributed by atoms with E-state index < -0.39 is 6.04 Å². The van der Waals surface area contributed by atoms with Gasteiger partial charge in [0.25, 0.3) is 0 Å². The van der Waals surface area contributed by atoms with Gasteiger partial charge >= 0.3 is 0 Å². The molecule has 1 aliphatic heterocycles. The first-order valence-electron chi connectivity index (χ1n) is 3.79. The van der Waals surface area contributed by atoms with Gasteiger partial charge in [-0.2, -0.15) is 0 Å². The standard InChI is InChI=1S/C8H15OPS/c1-7-4-10(11,6-9-3)5-8(7)2/h4-6H2,1-3H3. The van der Waals surface area contributed by atoms with Gasteiger partial charge in [0, 0.05) is 7.11 Å². The first-order chi connectivity index (χ1) is 5.07. The van der Waals surface area contributed by atoms with E-state index in [1.807, 2.05) is 0 Å². The van der Waals surface area contributed by atoms with Crippen molar-refractivity contribution < 1.29 is 4.74 Å². The summed E-state index contributed by atoms with van der Waals surface area (Å²) in [6, 6.07) is -1.15. The van der Waals surface area contributed by atoms with Crippen LogP contribution >= 0.6 is 6.04 Å². The molecule has 0 radical (unpaired) electrons. The number of methoxy groups -OCH3 is 1. The van der Waals surface area contributed by atoms with Crippen molar-refractivity contribution in [3.05, 3.63) is 11.1 Å². The zero-order valence-electron chi connectivity index (χ0n) is 7.39. The Morgan fingerprint density at radius 1 is 1.36 bits per heavy atom. The molecule has 0 aromatic rings. The predicted molar refractivity (Wildman–Crippen MR) is 54.3 cm³/mol. The van der Waals surface area contributed by atoms with Crippen LogP contribution in [0.15, 0.2) is 11.1 Å². The topological polar surface area (TPSA) is 9.23 Å². The van der Waals surface area contributed by atoms with Crippen LogP contribution in [0.3, 0.4) is 0 Å². The minimum Gasteiger partial charge on any atom is -0.379 e. The van der Waals surface area contributed by atoms with Crippen molar-refractivity contribution in [3.8, 4) is 0 Å². The molecule has 64 valence electrons. The maximum atomic E-state index is 5.56. The van der Waals surface area contributed by atoms with Crippen molar-refractivity contribution in [3.63, 3.8) is 0 Å². The summed E-state index contributed by atoms with van der Waals surface area (Å²) in [5.41, 5.74) is 3.01. The second-order valence-corrected chi connectivity index (χ2v) is 8.68. The van der Waals surface area contributed by atoms with Gasteiger partial charge in [-0.05, 0) is 32.2 Å². The molecule has 0 spiro atoms. The minimum atomic E-state index is -1.15. The first-order valence-corrected chi connectivity index (χ1v) is 7.14. The van der Waals surface area contributed by atoms with Crippen LogP contribution in [-0.2, 0) is 16.5 Å². The Morgan fingerprint density at radius 3 is 2.18 bits per heavy atom. The van der Waals surface area contributed by atoms with E-state index in [1.54, 1.807) is 7.11 Å². The van der Waals surface area contributed by atoms with E-state index in [1.165, 1.54) is 11.1 Å². The van der Waals surface area contributed by atoms with E-state index in [0.717, 1.165) is 18.7 Å². The molecule has 11 heavy (non-hydrogen) atoms. The van der Waals surface area contributed by atoms with Crippen LogP contribution in [0, 0.1) is 0 Å². The Hall–Kier alpha value is 0.350. The molecule has 0 saturated carbocycles. The van der Waals surface area contributed by atoms with Gasteiger partial charge in [0.1, 0.15) is 0 Å². The van der Waals surface area contributed by atoms with Gasteiger partial charge in [-0.15, -0.1) is 0 Å². The monoisotopic (exact) mass is 190 g/mol. The molecule has 0 aliphatic carbocycles. The van der Waals surface area contributed by atoms with Crippen molar-refractivity contribution in [1.82, 2.24) is 0 Å². The van der Waals surface area contributed by atoms with Crippen molar-refractivity contribution in [2.45, 2.75) is 13.8 Å². The average molecular weight is 190 g/mol. The van der Waals surface area contributed by atoms with Crippen molar-refractivity contribution >= 4 is 17.8 Å². The molecular formula is C8H15OPS. The van der Waals surface area contributed by atoms with E-state index in [0.29, 0.717) is 0 Å². The molecule has 0 amide bonds. The lowest BCUT2D eigenvalue weighted by Crippen LogP contribution is -1.94.